The van der Waals surface area contributed by atoms with Gasteiger partial charge in [0, 0.05) is 0 Å². The molecule has 1 heterocycles. The molecule has 0 aromatic heterocycles. The minimum absolute atomic E-state index is 0.182. The van der Waals surface area contributed by atoms with Crippen LogP contribution < -0.4 is 14.2 Å². The van der Waals surface area contributed by atoms with Crippen molar-refractivity contribution in [3.8, 4) is 17.2 Å². The summed E-state index contributed by atoms with van der Waals surface area (Å²) in [5.74, 6) is 2.03. The van der Waals surface area contributed by atoms with Gasteiger partial charge in [0.2, 0.25) is 0 Å². The van der Waals surface area contributed by atoms with Crippen molar-refractivity contribution < 1.29 is 23.8 Å². The first-order valence-electron chi connectivity index (χ1n) is 12.9. The molecule has 0 unspecified atom stereocenters. The van der Waals surface area contributed by atoms with Gasteiger partial charge in [0.15, 0.2) is 11.5 Å². The van der Waals surface area contributed by atoms with Crippen LogP contribution in [-0.4, -0.2) is 35.8 Å². The van der Waals surface area contributed by atoms with E-state index in [1.807, 2.05) is 62.4 Å². The molecular formula is C31H32INO5S. The zero-order valence-corrected chi connectivity index (χ0v) is 25.5. The SMILES string of the molecule is CCOc1cc(/C=C2\SC(=O)N(CCOc3cc(C)ccc3C(C)C)C2=O)cc(I)c1OCc1ccccc1. The van der Waals surface area contributed by atoms with Crippen LogP contribution in [0.4, 0.5) is 4.79 Å². The Kier molecular flexibility index (Phi) is 9.96. The maximum absolute atomic E-state index is 13.1. The van der Waals surface area contributed by atoms with E-state index in [9.17, 15) is 9.59 Å². The lowest BCUT2D eigenvalue weighted by atomic mass is 10.0. The van der Waals surface area contributed by atoms with E-state index in [2.05, 4.69) is 48.6 Å². The van der Waals surface area contributed by atoms with Crippen LogP contribution in [0.5, 0.6) is 17.2 Å². The van der Waals surface area contributed by atoms with E-state index >= 15 is 0 Å². The molecule has 1 aliphatic heterocycles. The molecule has 0 radical (unpaired) electrons. The Morgan fingerprint density at radius 1 is 0.974 bits per heavy atom. The van der Waals surface area contributed by atoms with E-state index in [0.717, 1.165) is 43.3 Å². The lowest BCUT2D eigenvalue weighted by Gasteiger charge is -2.17. The molecule has 1 aliphatic rings. The van der Waals surface area contributed by atoms with E-state index in [4.69, 9.17) is 14.2 Å². The summed E-state index contributed by atoms with van der Waals surface area (Å²) in [6, 6.07) is 19.8. The highest BCUT2D eigenvalue weighted by atomic mass is 127. The third kappa shape index (κ3) is 7.36. The minimum Gasteiger partial charge on any atom is -0.491 e. The van der Waals surface area contributed by atoms with Crippen molar-refractivity contribution >= 4 is 51.6 Å². The van der Waals surface area contributed by atoms with Crippen LogP contribution >= 0.6 is 34.4 Å². The van der Waals surface area contributed by atoms with Gasteiger partial charge in [-0.2, -0.15) is 0 Å². The summed E-state index contributed by atoms with van der Waals surface area (Å²) in [7, 11) is 0. The van der Waals surface area contributed by atoms with Crippen LogP contribution in [0.25, 0.3) is 6.08 Å². The maximum Gasteiger partial charge on any atom is 0.293 e. The Hall–Kier alpha value is -2.98. The fourth-order valence-corrected chi connectivity index (χ4v) is 5.78. The molecule has 4 rings (SSSR count). The van der Waals surface area contributed by atoms with Gasteiger partial charge in [-0.05, 0) is 101 Å². The first-order valence-corrected chi connectivity index (χ1v) is 14.8. The lowest BCUT2D eigenvalue weighted by Crippen LogP contribution is -2.32. The van der Waals surface area contributed by atoms with Gasteiger partial charge in [-0.25, -0.2) is 0 Å². The quantitative estimate of drug-likeness (QED) is 0.155. The Balaban J connectivity index is 1.46. The first-order chi connectivity index (χ1) is 18.8. The van der Waals surface area contributed by atoms with Crippen molar-refractivity contribution in [2.45, 2.75) is 40.2 Å². The number of carbonyl (C=O) groups excluding carboxylic acids is 2. The second kappa shape index (κ2) is 13.4. The van der Waals surface area contributed by atoms with Crippen LogP contribution in [0.3, 0.4) is 0 Å². The number of nitrogens with zero attached hydrogens (tertiary/aromatic N) is 1. The smallest absolute Gasteiger partial charge is 0.293 e. The van der Waals surface area contributed by atoms with Crippen LogP contribution in [0.1, 0.15) is 48.9 Å². The molecule has 204 valence electrons. The van der Waals surface area contributed by atoms with Gasteiger partial charge < -0.3 is 14.2 Å². The topological polar surface area (TPSA) is 65.1 Å². The predicted octanol–water partition coefficient (Wildman–Crippen LogP) is 7.82. The highest BCUT2D eigenvalue weighted by Crippen LogP contribution is 2.38. The lowest BCUT2D eigenvalue weighted by molar-refractivity contribution is -0.123. The zero-order chi connectivity index (χ0) is 27.9. The Labute approximate surface area is 247 Å². The van der Waals surface area contributed by atoms with Gasteiger partial charge in [0.1, 0.15) is 19.0 Å². The summed E-state index contributed by atoms with van der Waals surface area (Å²) in [5.41, 5.74) is 4.02. The highest BCUT2D eigenvalue weighted by molar-refractivity contribution is 14.1. The normalized spacial score (nSPS) is 14.4. The fraction of sp³-hybridized carbons (Fsp3) is 0.290. The number of thioether (sulfide) groups is 1. The molecule has 1 saturated heterocycles. The summed E-state index contributed by atoms with van der Waals surface area (Å²) in [4.78, 5) is 27.4. The number of benzene rings is 3. The maximum atomic E-state index is 13.1. The van der Waals surface area contributed by atoms with Crippen LogP contribution in [-0.2, 0) is 11.4 Å². The highest BCUT2D eigenvalue weighted by Gasteiger charge is 2.35. The Bertz CT molecular complexity index is 1370. The van der Waals surface area contributed by atoms with Crippen molar-refractivity contribution in [1.82, 2.24) is 4.90 Å². The van der Waals surface area contributed by atoms with Crippen LogP contribution in [0, 0.1) is 10.5 Å². The number of amides is 2. The van der Waals surface area contributed by atoms with E-state index in [1.54, 1.807) is 6.08 Å². The third-order valence-electron chi connectivity index (χ3n) is 6.09. The van der Waals surface area contributed by atoms with Crippen molar-refractivity contribution in [2.24, 2.45) is 0 Å². The molecule has 0 bridgehead atoms. The average Bonchev–Trinajstić information content (AvgIpc) is 3.16. The van der Waals surface area contributed by atoms with Crippen molar-refractivity contribution in [3.05, 3.63) is 91.4 Å². The second-order valence-electron chi connectivity index (χ2n) is 9.42. The third-order valence-corrected chi connectivity index (χ3v) is 7.80. The monoisotopic (exact) mass is 657 g/mol. The van der Waals surface area contributed by atoms with Crippen LogP contribution in [0.15, 0.2) is 65.6 Å². The van der Waals surface area contributed by atoms with Crippen molar-refractivity contribution in [3.63, 3.8) is 0 Å². The molecular weight excluding hydrogens is 625 g/mol. The van der Waals surface area contributed by atoms with Crippen LogP contribution in [0.2, 0.25) is 0 Å². The molecule has 0 atom stereocenters. The summed E-state index contributed by atoms with van der Waals surface area (Å²) >= 11 is 3.15. The molecule has 0 N–H and O–H groups in total. The molecule has 0 spiro atoms. The number of hydrogen-bond donors (Lipinski definition) is 0. The van der Waals surface area contributed by atoms with Gasteiger partial charge in [-0.3, -0.25) is 14.5 Å². The largest absolute Gasteiger partial charge is 0.491 e. The van der Waals surface area contributed by atoms with E-state index in [0.29, 0.717) is 35.5 Å². The molecule has 1 fully saturated rings. The standard InChI is InChI=1S/C31H32INO5S/c1-5-36-27-17-23(16-25(32)29(27)38-19-22-9-7-6-8-10-22)18-28-30(34)33(31(35)39-28)13-14-37-26-15-21(4)11-12-24(26)20(2)3/h6-12,15-18,20H,5,13-14,19H2,1-4H3/b28-18-. The van der Waals surface area contributed by atoms with E-state index < -0.39 is 0 Å². The van der Waals surface area contributed by atoms with Gasteiger partial charge >= 0.3 is 0 Å². The van der Waals surface area contributed by atoms with E-state index in [1.165, 1.54) is 4.90 Å². The molecule has 2 amide bonds. The van der Waals surface area contributed by atoms with Gasteiger partial charge in [0.05, 0.1) is 21.6 Å². The Morgan fingerprint density at radius 3 is 2.46 bits per heavy atom. The molecule has 0 aliphatic carbocycles. The van der Waals surface area contributed by atoms with Gasteiger partial charge in [-0.15, -0.1) is 0 Å². The molecule has 39 heavy (non-hydrogen) atoms. The van der Waals surface area contributed by atoms with Crippen molar-refractivity contribution in [2.75, 3.05) is 19.8 Å². The van der Waals surface area contributed by atoms with Gasteiger partial charge in [-0.1, -0.05) is 56.3 Å². The predicted molar refractivity (Wildman–Crippen MR) is 165 cm³/mol. The number of imide groups is 1. The number of halogens is 1. The molecule has 0 saturated carbocycles. The summed E-state index contributed by atoms with van der Waals surface area (Å²) in [6.45, 7) is 9.44. The molecule has 8 heteroatoms. The number of carbonyl (C=O) groups is 2. The number of ether oxygens (including phenoxy) is 3. The minimum atomic E-state index is -0.320. The number of hydrogen-bond acceptors (Lipinski definition) is 6. The second-order valence-corrected chi connectivity index (χ2v) is 11.6. The summed E-state index contributed by atoms with van der Waals surface area (Å²) in [6.07, 6.45) is 1.73. The summed E-state index contributed by atoms with van der Waals surface area (Å²) < 4.78 is 18.8. The van der Waals surface area contributed by atoms with Crippen molar-refractivity contribution in [1.29, 1.82) is 0 Å². The Morgan fingerprint density at radius 2 is 1.74 bits per heavy atom. The number of aryl methyl sites for hydroxylation is 1. The molecule has 6 nitrogen and oxygen atoms in total. The first kappa shape index (κ1) is 29.0. The van der Waals surface area contributed by atoms with Gasteiger partial charge in [0.25, 0.3) is 11.1 Å². The number of rotatable bonds is 11. The summed E-state index contributed by atoms with van der Waals surface area (Å²) in [5, 5.41) is -0.300. The van der Waals surface area contributed by atoms with E-state index in [-0.39, 0.29) is 24.3 Å². The molecule has 3 aromatic rings. The molecule has 3 aromatic carbocycles. The average molecular weight is 658 g/mol. The fourth-order valence-electron chi connectivity index (χ4n) is 4.14. The zero-order valence-electron chi connectivity index (χ0n) is 22.5.